The number of hydrogen-bond acceptors (Lipinski definition) is 2. The minimum absolute atomic E-state index is 0.120. The van der Waals surface area contributed by atoms with Crippen LogP contribution in [0.1, 0.15) is 22.8 Å². The average molecular weight is 479 g/mol. The number of esters is 1. The number of rotatable bonds is 7. The number of halogens is 2. The fourth-order valence-electron chi connectivity index (χ4n) is 4.34. The van der Waals surface area contributed by atoms with E-state index in [0.29, 0.717) is 11.7 Å². The molecule has 0 radical (unpaired) electrons. The molecule has 0 amide bonds. The Balaban J connectivity index is 1.95. The van der Waals surface area contributed by atoms with Crippen molar-refractivity contribution in [2.75, 3.05) is 6.61 Å². The van der Waals surface area contributed by atoms with E-state index in [4.69, 9.17) is 16.3 Å². The van der Waals surface area contributed by atoms with E-state index < -0.39 is 19.0 Å². The molecule has 0 fully saturated rings. The second-order valence-corrected chi connectivity index (χ2v) is 12.1. The normalized spacial score (nSPS) is 11.7. The van der Waals surface area contributed by atoms with Crippen molar-refractivity contribution in [3.63, 3.8) is 0 Å². The van der Waals surface area contributed by atoms with Gasteiger partial charge in [0.2, 0.25) is 0 Å². The van der Waals surface area contributed by atoms with Gasteiger partial charge in [0.1, 0.15) is 0 Å². The molecule has 5 heteroatoms. The first kappa shape index (κ1) is 23.2. The molecule has 0 aliphatic heterocycles. The van der Waals surface area contributed by atoms with Crippen LogP contribution in [0, 0.1) is 5.82 Å². The van der Waals surface area contributed by atoms with Gasteiger partial charge in [-0.05, 0) is 0 Å². The summed E-state index contributed by atoms with van der Waals surface area (Å²) in [5, 5.41) is 3.71. The third-order valence-electron chi connectivity index (χ3n) is 5.89. The fourth-order valence-corrected chi connectivity index (χ4v) is 9.52. The summed E-state index contributed by atoms with van der Waals surface area (Å²) in [6, 6.07) is 33.5. The summed E-state index contributed by atoms with van der Waals surface area (Å²) in [5.41, 5.74) is 0.530. The minimum atomic E-state index is -2.73. The Kier molecular flexibility index (Phi) is 7.23. The molecular weight excluding hydrogens is 454 g/mol. The van der Waals surface area contributed by atoms with E-state index in [0.717, 1.165) is 15.9 Å². The third kappa shape index (κ3) is 4.71. The Morgan fingerprint density at radius 1 is 0.818 bits per heavy atom. The van der Waals surface area contributed by atoms with Crippen molar-refractivity contribution < 1.29 is 13.9 Å². The van der Waals surface area contributed by atoms with Crippen molar-refractivity contribution in [2.24, 2.45) is 0 Å². The van der Waals surface area contributed by atoms with Crippen molar-refractivity contribution in [1.29, 1.82) is 0 Å². The molecule has 4 aromatic rings. The first-order chi connectivity index (χ1) is 16.1. The Morgan fingerprint density at radius 3 is 1.67 bits per heavy atom. The third-order valence-corrected chi connectivity index (χ3v) is 11.1. The van der Waals surface area contributed by atoms with Crippen LogP contribution in [-0.2, 0) is 10.9 Å². The second kappa shape index (κ2) is 10.3. The molecule has 0 heterocycles. The monoisotopic (exact) mass is 478 g/mol. The first-order valence-corrected chi connectivity index (χ1v) is 13.5. The molecule has 0 bridgehead atoms. The second-order valence-electron chi connectivity index (χ2n) is 7.82. The molecule has 4 rings (SSSR count). The van der Waals surface area contributed by atoms with Crippen LogP contribution in [0.15, 0.2) is 103 Å². The van der Waals surface area contributed by atoms with E-state index in [1.54, 1.807) is 6.92 Å². The predicted molar refractivity (Wildman–Crippen MR) is 138 cm³/mol. The summed E-state index contributed by atoms with van der Waals surface area (Å²) in [6.07, 6.45) is 0.415. The summed E-state index contributed by atoms with van der Waals surface area (Å²) in [4.78, 5) is 12.2. The zero-order valence-corrected chi connectivity index (χ0v) is 20.1. The van der Waals surface area contributed by atoms with Crippen molar-refractivity contribution in [3.05, 3.63) is 125 Å². The molecule has 0 aromatic heterocycles. The van der Waals surface area contributed by atoms with Gasteiger partial charge >= 0.3 is 199 Å². The number of hydrogen-bond donors (Lipinski definition) is 0. The van der Waals surface area contributed by atoms with E-state index >= 15 is 4.39 Å². The SMILES string of the molecule is CCOC(=O)c1cc(F)c(C[PH](c2ccccc2)(c2ccccc2)c2ccccc2)c(Cl)c1. The number of carbonyl (C=O) groups excluding carboxylic acids is 1. The molecule has 0 unspecified atom stereocenters. The van der Waals surface area contributed by atoms with E-state index in [1.807, 2.05) is 54.6 Å². The Hall–Kier alpha value is -3.00. The van der Waals surface area contributed by atoms with Crippen LogP contribution < -0.4 is 15.9 Å². The van der Waals surface area contributed by atoms with Gasteiger partial charge in [0.15, 0.2) is 0 Å². The van der Waals surface area contributed by atoms with Gasteiger partial charge in [-0.15, -0.1) is 0 Å². The zero-order valence-electron chi connectivity index (χ0n) is 18.3. The van der Waals surface area contributed by atoms with Gasteiger partial charge in [-0.25, -0.2) is 0 Å². The topological polar surface area (TPSA) is 26.3 Å². The van der Waals surface area contributed by atoms with Gasteiger partial charge in [0.05, 0.1) is 0 Å². The van der Waals surface area contributed by atoms with Gasteiger partial charge in [-0.3, -0.25) is 0 Å². The Bertz CT molecular complexity index is 1110. The van der Waals surface area contributed by atoms with E-state index in [-0.39, 0.29) is 17.2 Å². The number of ether oxygens (including phenoxy) is 1. The first-order valence-electron chi connectivity index (χ1n) is 10.9. The van der Waals surface area contributed by atoms with E-state index in [2.05, 4.69) is 36.4 Å². The molecular formula is C28H25ClFO2P. The van der Waals surface area contributed by atoms with Crippen molar-refractivity contribution in [2.45, 2.75) is 13.1 Å². The molecule has 0 N–H and O–H groups in total. The Labute approximate surface area is 199 Å². The fraction of sp³-hybridized carbons (Fsp3) is 0.107. The molecule has 0 saturated carbocycles. The van der Waals surface area contributed by atoms with Crippen LogP contribution in [0.25, 0.3) is 0 Å². The average Bonchev–Trinajstić information content (AvgIpc) is 2.85. The molecule has 168 valence electrons. The van der Waals surface area contributed by atoms with Crippen LogP contribution in [0.3, 0.4) is 0 Å². The maximum atomic E-state index is 15.5. The maximum absolute atomic E-state index is 15.5. The van der Waals surface area contributed by atoms with Crippen LogP contribution >= 0.6 is 18.9 Å². The van der Waals surface area contributed by atoms with Crippen molar-refractivity contribution in [1.82, 2.24) is 0 Å². The van der Waals surface area contributed by atoms with Gasteiger partial charge in [0, 0.05) is 0 Å². The Morgan fingerprint density at radius 2 is 1.27 bits per heavy atom. The van der Waals surface area contributed by atoms with Crippen LogP contribution in [0.2, 0.25) is 5.02 Å². The van der Waals surface area contributed by atoms with Crippen LogP contribution in [0.5, 0.6) is 0 Å². The van der Waals surface area contributed by atoms with Crippen LogP contribution in [0.4, 0.5) is 4.39 Å². The standard InChI is InChI=1S/C28H25ClFO2P/c1-2-32-28(31)21-18-26(29)25(27(30)19-21)20-33(22-12-6-3-7-13-22,23-14-8-4-9-15-23)24-16-10-5-11-17-24/h3-19,33H,2,20H2,1H3. The molecule has 0 spiro atoms. The van der Waals surface area contributed by atoms with E-state index in [1.165, 1.54) is 12.1 Å². The predicted octanol–water partition coefficient (Wildman–Crippen LogP) is 5.88. The summed E-state index contributed by atoms with van der Waals surface area (Å²) < 4.78 is 20.6. The summed E-state index contributed by atoms with van der Waals surface area (Å²) in [7, 11) is -2.73. The quantitative estimate of drug-likeness (QED) is 0.245. The molecule has 0 atom stereocenters. The van der Waals surface area contributed by atoms with Crippen LogP contribution in [-0.4, -0.2) is 12.6 Å². The molecule has 0 aliphatic rings. The van der Waals surface area contributed by atoms with Gasteiger partial charge in [-0.2, -0.15) is 0 Å². The summed E-state index contributed by atoms with van der Waals surface area (Å²) in [6.45, 7) is 1.93. The molecule has 0 saturated heterocycles. The number of carbonyl (C=O) groups is 1. The van der Waals surface area contributed by atoms with E-state index in [9.17, 15) is 4.79 Å². The zero-order chi connectivity index (χ0) is 23.3. The molecule has 33 heavy (non-hydrogen) atoms. The van der Waals surface area contributed by atoms with Gasteiger partial charge in [0.25, 0.3) is 0 Å². The van der Waals surface area contributed by atoms with Gasteiger partial charge < -0.3 is 0 Å². The molecule has 0 aliphatic carbocycles. The summed E-state index contributed by atoms with van der Waals surface area (Å²) in [5.74, 6) is -1.08. The number of benzene rings is 4. The van der Waals surface area contributed by atoms with Gasteiger partial charge in [-0.1, -0.05) is 0 Å². The molecule has 2 nitrogen and oxygen atoms in total. The van der Waals surface area contributed by atoms with Crippen molar-refractivity contribution in [3.8, 4) is 0 Å². The summed E-state index contributed by atoms with van der Waals surface area (Å²) >= 11 is 6.62. The molecule has 4 aromatic carbocycles. The van der Waals surface area contributed by atoms with Crippen molar-refractivity contribution >= 4 is 40.7 Å².